The molecule has 0 unspecified atom stereocenters. The van der Waals surface area contributed by atoms with Crippen LogP contribution in [0, 0.1) is 11.5 Å². The van der Waals surface area contributed by atoms with Gasteiger partial charge in [0.05, 0.1) is 11.9 Å². The van der Waals surface area contributed by atoms with Crippen LogP contribution in [-0.2, 0) is 0 Å². The number of nitrogens with zero attached hydrogens (tertiary/aromatic N) is 3. The number of rotatable bonds is 1. The lowest BCUT2D eigenvalue weighted by Gasteiger charge is -2.05. The van der Waals surface area contributed by atoms with E-state index < -0.39 is 0 Å². The largest absolute Gasteiger partial charge is 0.324 e. The average Bonchev–Trinajstić information content (AvgIpc) is 2.20. The van der Waals surface area contributed by atoms with E-state index in [2.05, 4.69) is 20.6 Å². The summed E-state index contributed by atoms with van der Waals surface area (Å²) in [4.78, 5) is 7.67. The summed E-state index contributed by atoms with van der Waals surface area (Å²) >= 11 is 5.61. The lowest BCUT2D eigenvalue weighted by Crippen LogP contribution is -2.26. The summed E-state index contributed by atoms with van der Waals surface area (Å²) in [6, 6.07) is 3.38. The maximum Gasteiger partial charge on any atom is 0.208 e. The Hall–Kier alpha value is -1.80. The van der Waals surface area contributed by atoms with Gasteiger partial charge in [-0.05, 0) is 12.1 Å². The van der Waals surface area contributed by atoms with E-state index in [1.54, 1.807) is 31.6 Å². The summed E-state index contributed by atoms with van der Waals surface area (Å²) in [5.74, 6) is 0.358. The topological polar surface area (TPSA) is 73.1 Å². The molecule has 0 aromatic carbocycles. The van der Waals surface area contributed by atoms with E-state index in [1.807, 2.05) is 0 Å². The Morgan fingerprint density at radius 2 is 2.43 bits per heavy atom. The summed E-state index contributed by atoms with van der Waals surface area (Å²) in [5, 5.41) is 14.0. The maximum absolute atomic E-state index is 8.37. The molecule has 0 amide bonds. The third-order valence-corrected chi connectivity index (χ3v) is 1.61. The highest BCUT2D eigenvalue weighted by molar-refractivity contribution is 6.29. The van der Waals surface area contributed by atoms with Crippen molar-refractivity contribution in [1.82, 2.24) is 10.3 Å². The number of aromatic nitrogens is 1. The third kappa shape index (κ3) is 2.92. The highest BCUT2D eigenvalue weighted by Crippen LogP contribution is 2.08. The summed E-state index contributed by atoms with van der Waals surface area (Å²) < 4.78 is 0. The minimum absolute atomic E-state index is 0.358. The molecule has 6 heteroatoms. The van der Waals surface area contributed by atoms with Crippen LogP contribution in [0.1, 0.15) is 0 Å². The zero-order valence-electron chi connectivity index (χ0n) is 7.45. The van der Waals surface area contributed by atoms with Crippen LogP contribution >= 0.6 is 11.6 Å². The molecule has 0 radical (unpaired) electrons. The van der Waals surface area contributed by atoms with Crippen molar-refractivity contribution in [3.8, 4) is 6.19 Å². The van der Waals surface area contributed by atoms with Crippen LogP contribution in [-0.4, -0.2) is 18.0 Å². The van der Waals surface area contributed by atoms with E-state index in [4.69, 9.17) is 16.9 Å². The van der Waals surface area contributed by atoms with Crippen molar-refractivity contribution >= 4 is 23.2 Å². The molecule has 1 rings (SSSR count). The molecule has 2 N–H and O–H groups in total. The Morgan fingerprint density at radius 1 is 1.64 bits per heavy atom. The van der Waals surface area contributed by atoms with Gasteiger partial charge in [-0.15, -0.1) is 0 Å². The Morgan fingerprint density at radius 3 is 2.93 bits per heavy atom. The zero-order valence-corrected chi connectivity index (χ0v) is 8.21. The Bertz CT molecular complexity index is 364. The molecule has 5 nitrogen and oxygen atoms in total. The first-order valence-corrected chi connectivity index (χ1v) is 4.14. The molecule has 0 bridgehead atoms. The molecule has 0 aliphatic carbocycles. The minimum Gasteiger partial charge on any atom is -0.324 e. The number of hydrogen-bond acceptors (Lipinski definition) is 3. The van der Waals surface area contributed by atoms with Crippen molar-refractivity contribution in [2.75, 3.05) is 12.4 Å². The number of hydrogen-bond donors (Lipinski definition) is 2. The zero-order chi connectivity index (χ0) is 10.4. The molecule has 0 saturated carbocycles. The van der Waals surface area contributed by atoms with Crippen LogP contribution in [0.3, 0.4) is 0 Å². The fraction of sp³-hybridized carbons (Fsp3) is 0.125. The van der Waals surface area contributed by atoms with Gasteiger partial charge < -0.3 is 5.32 Å². The lowest BCUT2D eigenvalue weighted by atomic mass is 10.4. The SMILES string of the molecule is CN=C(NC#N)Nc1ccc(Cl)nc1. The van der Waals surface area contributed by atoms with E-state index in [0.717, 1.165) is 0 Å². The summed E-state index contributed by atoms with van der Waals surface area (Å²) in [6.07, 6.45) is 3.31. The van der Waals surface area contributed by atoms with Crippen LogP contribution in [0.4, 0.5) is 5.69 Å². The molecule has 1 aromatic rings. The predicted octanol–water partition coefficient (Wildman–Crippen LogP) is 1.20. The van der Waals surface area contributed by atoms with Crippen molar-refractivity contribution in [3.63, 3.8) is 0 Å². The first-order chi connectivity index (χ1) is 6.76. The Labute approximate surface area is 86.4 Å². The minimum atomic E-state index is 0.358. The number of halogens is 1. The van der Waals surface area contributed by atoms with Crippen molar-refractivity contribution in [3.05, 3.63) is 23.5 Å². The highest BCUT2D eigenvalue weighted by Gasteiger charge is 1.97. The van der Waals surface area contributed by atoms with Gasteiger partial charge in [-0.25, -0.2) is 4.98 Å². The molecule has 0 fully saturated rings. The predicted molar refractivity (Wildman–Crippen MR) is 55.0 cm³/mol. The molecule has 0 aliphatic heterocycles. The molecular formula is C8H8ClN5. The Balaban J connectivity index is 2.69. The normalized spacial score (nSPS) is 10.5. The molecule has 0 aliphatic rings. The number of aliphatic imine (C=N–C) groups is 1. The quantitative estimate of drug-likeness (QED) is 0.240. The van der Waals surface area contributed by atoms with Crippen molar-refractivity contribution in [2.45, 2.75) is 0 Å². The second-order valence-electron chi connectivity index (χ2n) is 2.30. The summed E-state index contributed by atoms with van der Waals surface area (Å²) in [6.45, 7) is 0. The number of guanidine groups is 1. The first-order valence-electron chi connectivity index (χ1n) is 3.76. The number of anilines is 1. The molecule has 0 atom stereocenters. The monoisotopic (exact) mass is 209 g/mol. The van der Waals surface area contributed by atoms with Gasteiger partial charge in [0.1, 0.15) is 5.15 Å². The molecule has 0 saturated heterocycles. The van der Waals surface area contributed by atoms with Crippen LogP contribution in [0.5, 0.6) is 0 Å². The standard InChI is InChI=1S/C8H8ClN5/c1-11-8(13-5-10)14-6-2-3-7(9)12-4-6/h2-4H,1H3,(H2,11,13,14). The number of nitriles is 1. The van der Waals surface area contributed by atoms with E-state index >= 15 is 0 Å². The number of pyridine rings is 1. The van der Waals surface area contributed by atoms with Gasteiger partial charge >= 0.3 is 0 Å². The summed E-state index contributed by atoms with van der Waals surface area (Å²) in [5.41, 5.74) is 0.706. The lowest BCUT2D eigenvalue weighted by molar-refractivity contribution is 1.21. The molecule has 72 valence electrons. The van der Waals surface area contributed by atoms with Gasteiger partial charge in [0.2, 0.25) is 5.96 Å². The highest BCUT2D eigenvalue weighted by atomic mass is 35.5. The Kier molecular flexibility index (Phi) is 3.70. The van der Waals surface area contributed by atoms with Crippen LogP contribution in [0.15, 0.2) is 23.3 Å². The second kappa shape index (κ2) is 5.04. The van der Waals surface area contributed by atoms with Crippen molar-refractivity contribution < 1.29 is 0 Å². The van der Waals surface area contributed by atoms with E-state index in [-0.39, 0.29) is 0 Å². The van der Waals surface area contributed by atoms with Gasteiger partial charge in [0.25, 0.3) is 0 Å². The average molecular weight is 210 g/mol. The maximum atomic E-state index is 8.37. The summed E-state index contributed by atoms with van der Waals surface area (Å²) in [7, 11) is 1.57. The fourth-order valence-electron chi connectivity index (χ4n) is 0.782. The molecule has 14 heavy (non-hydrogen) atoms. The molecular weight excluding hydrogens is 202 g/mol. The molecule has 1 heterocycles. The van der Waals surface area contributed by atoms with Crippen molar-refractivity contribution in [2.24, 2.45) is 4.99 Å². The second-order valence-corrected chi connectivity index (χ2v) is 2.69. The fourth-order valence-corrected chi connectivity index (χ4v) is 0.894. The van der Waals surface area contributed by atoms with Gasteiger partial charge in [-0.2, -0.15) is 5.26 Å². The van der Waals surface area contributed by atoms with Crippen LogP contribution in [0.25, 0.3) is 0 Å². The first kappa shape index (κ1) is 10.3. The van der Waals surface area contributed by atoms with E-state index in [1.165, 1.54) is 0 Å². The van der Waals surface area contributed by atoms with Gasteiger partial charge in [0.15, 0.2) is 6.19 Å². The van der Waals surface area contributed by atoms with Gasteiger partial charge in [0, 0.05) is 7.05 Å². The molecule has 0 spiro atoms. The van der Waals surface area contributed by atoms with Crippen LogP contribution in [0.2, 0.25) is 5.15 Å². The smallest absolute Gasteiger partial charge is 0.208 e. The molecule has 1 aromatic heterocycles. The third-order valence-electron chi connectivity index (χ3n) is 1.39. The number of nitrogens with one attached hydrogen (secondary N) is 2. The van der Waals surface area contributed by atoms with Crippen LogP contribution < -0.4 is 10.6 Å². The van der Waals surface area contributed by atoms with Gasteiger partial charge in [-0.1, -0.05) is 11.6 Å². The van der Waals surface area contributed by atoms with E-state index in [9.17, 15) is 0 Å². The van der Waals surface area contributed by atoms with Crippen molar-refractivity contribution in [1.29, 1.82) is 5.26 Å². The van der Waals surface area contributed by atoms with E-state index in [0.29, 0.717) is 16.8 Å². The van der Waals surface area contributed by atoms with Gasteiger partial charge in [-0.3, -0.25) is 10.3 Å².